The molecule has 0 aromatic heterocycles. The Bertz CT molecular complexity index is 619. The summed E-state index contributed by atoms with van der Waals surface area (Å²) in [6.07, 6.45) is 2.36. The van der Waals surface area contributed by atoms with Gasteiger partial charge in [-0.25, -0.2) is 4.79 Å². The van der Waals surface area contributed by atoms with Crippen molar-refractivity contribution in [1.29, 1.82) is 0 Å². The predicted molar refractivity (Wildman–Crippen MR) is 109 cm³/mol. The maximum atomic E-state index is 12.3. The van der Waals surface area contributed by atoms with E-state index >= 15 is 0 Å². The van der Waals surface area contributed by atoms with Gasteiger partial charge in [0.2, 0.25) is 5.91 Å². The Labute approximate surface area is 167 Å². The lowest BCUT2D eigenvalue weighted by Crippen LogP contribution is -3.11. The molecule has 27 heavy (non-hydrogen) atoms. The SMILES string of the molecule is CC[NH+](CC)CCC[C@H](C)NC(=O)N[C@H]1CC(=O)N(c2ccc(Cl)cc2)C1. The molecular formula is C20H32ClN4O2+. The summed E-state index contributed by atoms with van der Waals surface area (Å²) >= 11 is 5.90. The Hall–Kier alpha value is -1.79. The van der Waals surface area contributed by atoms with Crippen molar-refractivity contribution in [3.8, 4) is 0 Å². The Morgan fingerprint density at radius 3 is 2.59 bits per heavy atom. The van der Waals surface area contributed by atoms with Crippen molar-refractivity contribution in [1.82, 2.24) is 10.6 Å². The fourth-order valence-electron chi connectivity index (χ4n) is 3.46. The number of urea groups is 1. The monoisotopic (exact) mass is 395 g/mol. The summed E-state index contributed by atoms with van der Waals surface area (Å²) in [6, 6.07) is 6.90. The molecule has 7 heteroatoms. The first-order valence-corrected chi connectivity index (χ1v) is 10.3. The van der Waals surface area contributed by atoms with Gasteiger partial charge in [-0.15, -0.1) is 0 Å². The van der Waals surface area contributed by atoms with Gasteiger partial charge in [-0.2, -0.15) is 0 Å². The minimum absolute atomic E-state index is 0.0119. The molecule has 2 rings (SSSR count). The van der Waals surface area contributed by atoms with E-state index < -0.39 is 0 Å². The summed E-state index contributed by atoms with van der Waals surface area (Å²) in [6.45, 7) is 10.3. The van der Waals surface area contributed by atoms with Crippen LogP contribution in [-0.4, -0.2) is 50.2 Å². The first-order valence-electron chi connectivity index (χ1n) is 9.89. The van der Waals surface area contributed by atoms with Crippen LogP contribution < -0.4 is 20.4 Å². The third-order valence-electron chi connectivity index (χ3n) is 5.14. The molecule has 1 fully saturated rings. The smallest absolute Gasteiger partial charge is 0.315 e. The molecule has 1 aliphatic rings. The molecule has 0 aliphatic carbocycles. The Morgan fingerprint density at radius 1 is 1.30 bits per heavy atom. The lowest BCUT2D eigenvalue weighted by molar-refractivity contribution is -0.896. The second-order valence-electron chi connectivity index (χ2n) is 7.25. The molecule has 1 saturated heterocycles. The second-order valence-corrected chi connectivity index (χ2v) is 7.69. The molecule has 1 aliphatic heterocycles. The van der Waals surface area contributed by atoms with Crippen molar-refractivity contribution >= 4 is 29.2 Å². The quantitative estimate of drug-likeness (QED) is 0.597. The van der Waals surface area contributed by atoms with Gasteiger partial charge in [0.15, 0.2) is 0 Å². The lowest BCUT2D eigenvalue weighted by atomic mass is 10.2. The molecule has 3 N–H and O–H groups in total. The number of nitrogens with zero attached hydrogens (tertiary/aromatic N) is 1. The maximum absolute atomic E-state index is 12.3. The molecule has 0 unspecified atom stereocenters. The molecule has 0 saturated carbocycles. The molecule has 1 heterocycles. The van der Waals surface area contributed by atoms with E-state index in [9.17, 15) is 9.59 Å². The molecule has 3 amide bonds. The summed E-state index contributed by atoms with van der Waals surface area (Å²) in [4.78, 5) is 27.8. The van der Waals surface area contributed by atoms with E-state index in [2.05, 4.69) is 24.5 Å². The van der Waals surface area contributed by atoms with Crippen LogP contribution in [0.2, 0.25) is 5.02 Å². The number of nitrogens with one attached hydrogen (secondary N) is 3. The van der Waals surface area contributed by atoms with Crippen LogP contribution >= 0.6 is 11.6 Å². The van der Waals surface area contributed by atoms with Gasteiger partial charge in [-0.3, -0.25) is 4.79 Å². The molecule has 150 valence electrons. The average Bonchev–Trinajstić information content (AvgIpc) is 2.99. The fourth-order valence-corrected chi connectivity index (χ4v) is 3.59. The van der Waals surface area contributed by atoms with E-state index in [1.807, 2.05) is 19.1 Å². The van der Waals surface area contributed by atoms with Gasteiger partial charge in [-0.1, -0.05) is 11.6 Å². The first-order chi connectivity index (χ1) is 12.9. The number of benzene rings is 1. The largest absolute Gasteiger partial charge is 0.336 e. The van der Waals surface area contributed by atoms with Crippen molar-refractivity contribution < 1.29 is 14.5 Å². The zero-order valence-corrected chi connectivity index (χ0v) is 17.3. The van der Waals surface area contributed by atoms with Crippen LogP contribution in [0.1, 0.15) is 40.0 Å². The summed E-state index contributed by atoms with van der Waals surface area (Å²) in [5, 5.41) is 6.55. The van der Waals surface area contributed by atoms with Gasteiger partial charge < -0.3 is 20.4 Å². The fraction of sp³-hybridized carbons (Fsp3) is 0.600. The highest BCUT2D eigenvalue weighted by Gasteiger charge is 2.31. The van der Waals surface area contributed by atoms with E-state index in [0.717, 1.165) is 38.2 Å². The number of carbonyl (C=O) groups excluding carboxylic acids is 2. The number of hydrogen-bond donors (Lipinski definition) is 3. The predicted octanol–water partition coefficient (Wildman–Crippen LogP) is 1.84. The Morgan fingerprint density at radius 2 is 1.96 bits per heavy atom. The minimum Gasteiger partial charge on any atom is -0.336 e. The van der Waals surface area contributed by atoms with Gasteiger partial charge in [0, 0.05) is 29.7 Å². The zero-order valence-electron chi connectivity index (χ0n) is 16.6. The van der Waals surface area contributed by atoms with E-state index in [4.69, 9.17) is 11.6 Å². The van der Waals surface area contributed by atoms with Crippen molar-refractivity contribution in [3.05, 3.63) is 29.3 Å². The number of quaternary nitrogens is 1. The summed E-state index contributed by atoms with van der Waals surface area (Å²) < 4.78 is 0. The van der Waals surface area contributed by atoms with Gasteiger partial charge in [0.25, 0.3) is 0 Å². The standard InChI is InChI=1S/C20H31ClN4O2/c1-4-24(5-2)12-6-7-15(3)22-20(27)23-17-13-19(26)25(14-17)18-10-8-16(21)9-11-18/h8-11,15,17H,4-7,12-14H2,1-3H3,(H2,22,23,27)/p+1/t15-,17-/m0/s1. The van der Waals surface area contributed by atoms with Gasteiger partial charge in [0.1, 0.15) is 0 Å². The maximum Gasteiger partial charge on any atom is 0.315 e. The third-order valence-corrected chi connectivity index (χ3v) is 5.40. The number of rotatable bonds is 9. The average molecular weight is 396 g/mol. The number of anilines is 1. The molecule has 0 bridgehead atoms. The van der Waals surface area contributed by atoms with Crippen molar-refractivity contribution in [2.75, 3.05) is 31.1 Å². The molecule has 1 aromatic rings. The van der Waals surface area contributed by atoms with Crippen LogP contribution in [0.15, 0.2) is 24.3 Å². The number of carbonyl (C=O) groups is 2. The topological polar surface area (TPSA) is 65.9 Å². The van der Waals surface area contributed by atoms with E-state index in [0.29, 0.717) is 18.0 Å². The minimum atomic E-state index is -0.201. The molecule has 6 nitrogen and oxygen atoms in total. The Kier molecular flexibility index (Phi) is 8.38. The summed E-state index contributed by atoms with van der Waals surface area (Å²) in [7, 11) is 0. The van der Waals surface area contributed by atoms with E-state index in [1.165, 1.54) is 0 Å². The van der Waals surface area contributed by atoms with Crippen LogP contribution in [0.4, 0.5) is 10.5 Å². The van der Waals surface area contributed by atoms with E-state index in [-0.39, 0.29) is 24.0 Å². The molecule has 0 spiro atoms. The van der Waals surface area contributed by atoms with Gasteiger partial charge in [-0.05, 0) is 57.9 Å². The van der Waals surface area contributed by atoms with Crippen molar-refractivity contribution in [3.63, 3.8) is 0 Å². The Balaban J connectivity index is 1.74. The summed E-state index contributed by atoms with van der Waals surface area (Å²) in [5.74, 6) is 0.0119. The van der Waals surface area contributed by atoms with E-state index in [1.54, 1.807) is 21.9 Å². The molecule has 1 aromatic carbocycles. The molecule has 2 atom stereocenters. The third kappa shape index (κ3) is 6.70. The summed E-state index contributed by atoms with van der Waals surface area (Å²) in [5.41, 5.74) is 0.807. The zero-order chi connectivity index (χ0) is 19.8. The van der Waals surface area contributed by atoms with Gasteiger partial charge >= 0.3 is 6.03 Å². The lowest BCUT2D eigenvalue weighted by Gasteiger charge is -2.20. The normalized spacial score (nSPS) is 18.0. The van der Waals surface area contributed by atoms with Crippen LogP contribution in [0.3, 0.4) is 0 Å². The van der Waals surface area contributed by atoms with Crippen LogP contribution in [0.25, 0.3) is 0 Å². The molecule has 0 radical (unpaired) electrons. The van der Waals surface area contributed by atoms with Crippen molar-refractivity contribution in [2.24, 2.45) is 0 Å². The highest BCUT2D eigenvalue weighted by molar-refractivity contribution is 6.30. The number of amides is 3. The number of halogens is 1. The highest BCUT2D eigenvalue weighted by Crippen LogP contribution is 2.23. The van der Waals surface area contributed by atoms with Crippen LogP contribution in [0, 0.1) is 0 Å². The number of hydrogen-bond acceptors (Lipinski definition) is 2. The van der Waals surface area contributed by atoms with Crippen LogP contribution in [-0.2, 0) is 4.79 Å². The van der Waals surface area contributed by atoms with Crippen LogP contribution in [0.5, 0.6) is 0 Å². The first kappa shape index (κ1) is 21.5. The van der Waals surface area contributed by atoms with Gasteiger partial charge in [0.05, 0.1) is 25.7 Å². The molecular weight excluding hydrogens is 364 g/mol. The second kappa shape index (κ2) is 10.5. The van der Waals surface area contributed by atoms with Crippen molar-refractivity contribution in [2.45, 2.75) is 52.1 Å². The highest BCUT2D eigenvalue weighted by atomic mass is 35.5.